The number of ether oxygens (including phenoxy) is 1. The van der Waals surface area contributed by atoms with Crippen molar-refractivity contribution in [2.45, 2.75) is 58.3 Å². The maximum atomic E-state index is 14.0. The van der Waals surface area contributed by atoms with Crippen molar-refractivity contribution >= 4 is 33.2 Å². The first-order chi connectivity index (χ1) is 17.9. The summed E-state index contributed by atoms with van der Waals surface area (Å²) in [6, 6.07) is 2.06. The van der Waals surface area contributed by atoms with Crippen LogP contribution < -0.4 is 19.5 Å². The summed E-state index contributed by atoms with van der Waals surface area (Å²) in [4.78, 5) is 44.0. The summed E-state index contributed by atoms with van der Waals surface area (Å²) < 4.78 is 48.3. The Labute approximate surface area is 219 Å². The molecule has 13 heteroatoms. The van der Waals surface area contributed by atoms with Crippen molar-refractivity contribution in [3.63, 3.8) is 0 Å². The molecule has 2 atom stereocenters. The number of hydrogen-bond donors (Lipinski definition) is 0. The molecule has 1 saturated heterocycles. The van der Waals surface area contributed by atoms with Crippen LogP contribution in [0.5, 0.6) is 5.75 Å². The summed E-state index contributed by atoms with van der Waals surface area (Å²) >= 11 is 0. The molecule has 5 rings (SSSR count). The van der Waals surface area contributed by atoms with E-state index in [4.69, 9.17) is 4.74 Å². The number of amides is 1. The van der Waals surface area contributed by atoms with Gasteiger partial charge in [0.25, 0.3) is 11.5 Å². The number of sulfonamides is 1. The van der Waals surface area contributed by atoms with Crippen LogP contribution in [0.25, 0.3) is 0 Å². The molecule has 2 aromatic rings. The normalized spacial score (nSPS) is 23.2. The molecule has 3 aliphatic heterocycles. The number of nitrogens with zero attached hydrogens (tertiary/aromatic N) is 5. The number of halogens is 1. The fraction of sp³-hybridized carbons (Fsp3) is 0.520. The number of rotatable bonds is 1. The van der Waals surface area contributed by atoms with E-state index in [-0.39, 0.29) is 60.2 Å². The summed E-state index contributed by atoms with van der Waals surface area (Å²) in [6.07, 6.45) is 0.665. The van der Waals surface area contributed by atoms with Crippen molar-refractivity contribution < 1.29 is 27.1 Å². The van der Waals surface area contributed by atoms with E-state index in [1.54, 1.807) is 9.80 Å². The summed E-state index contributed by atoms with van der Waals surface area (Å²) in [7, 11) is -2.58. The SMILES string of the molecule is CC(C)N1C[C@H](C)N2c3c4nn(c(=O)c3C(=O)C2C1=O)Cc1ccc(F)cc1OCCCCS(=O)(=O)N4C. The summed E-state index contributed by atoms with van der Waals surface area (Å²) in [5, 5.41) is 4.43. The Kier molecular flexibility index (Phi) is 6.44. The predicted molar refractivity (Wildman–Crippen MR) is 138 cm³/mol. The van der Waals surface area contributed by atoms with Gasteiger partial charge in [0, 0.05) is 37.3 Å². The molecule has 1 unspecified atom stereocenters. The van der Waals surface area contributed by atoms with Gasteiger partial charge in [-0.3, -0.25) is 18.7 Å². The Balaban J connectivity index is 1.75. The third-order valence-corrected chi connectivity index (χ3v) is 9.15. The standard InChI is InChI=1S/C25H30FN5O6S/c1-14(2)29-12-15(3)31-20-19(22(32)21(31)25(29)34)24(33)30-13-16-7-8-17(26)11-18(16)37-9-5-6-10-38(35,36)28(4)23(20)27-30/h7-8,11,14-15,21H,5-6,9-10,12-13H2,1-4H3/t15-,21?/m0/s1. The molecular formula is C25H30FN5O6S. The minimum Gasteiger partial charge on any atom is -0.493 e. The van der Waals surface area contributed by atoms with Crippen molar-refractivity contribution in [1.29, 1.82) is 0 Å². The van der Waals surface area contributed by atoms with E-state index in [1.807, 2.05) is 20.8 Å². The van der Waals surface area contributed by atoms with Gasteiger partial charge in [0.1, 0.15) is 22.8 Å². The first-order valence-corrected chi connectivity index (χ1v) is 14.2. The number of aromatic nitrogens is 2. The van der Waals surface area contributed by atoms with Crippen LogP contribution >= 0.6 is 0 Å². The van der Waals surface area contributed by atoms with E-state index in [0.29, 0.717) is 18.5 Å². The molecule has 38 heavy (non-hydrogen) atoms. The molecule has 2 bridgehead atoms. The smallest absolute Gasteiger partial charge is 0.280 e. The van der Waals surface area contributed by atoms with Crippen LogP contribution in [-0.2, 0) is 21.4 Å². The second kappa shape index (κ2) is 9.37. The monoisotopic (exact) mass is 547 g/mol. The number of Topliss-reactive ketones (excluding diaryl/α,β-unsaturated/α-hetero) is 1. The summed E-state index contributed by atoms with van der Waals surface area (Å²) in [6.45, 7) is 5.79. The zero-order chi connectivity index (χ0) is 27.5. The molecule has 4 heterocycles. The zero-order valence-corrected chi connectivity index (χ0v) is 22.5. The molecule has 11 nitrogen and oxygen atoms in total. The van der Waals surface area contributed by atoms with E-state index in [2.05, 4.69) is 5.10 Å². The minimum atomic E-state index is -3.91. The molecule has 1 aromatic carbocycles. The lowest BCUT2D eigenvalue weighted by Crippen LogP contribution is -2.63. The van der Waals surface area contributed by atoms with Crippen molar-refractivity contribution in [1.82, 2.24) is 14.7 Å². The van der Waals surface area contributed by atoms with Crippen LogP contribution in [-0.4, -0.2) is 78.9 Å². The Morgan fingerprint density at radius 3 is 2.61 bits per heavy atom. The van der Waals surface area contributed by atoms with E-state index < -0.39 is 39.1 Å². The van der Waals surface area contributed by atoms with Gasteiger partial charge in [-0.15, -0.1) is 5.10 Å². The van der Waals surface area contributed by atoms with Gasteiger partial charge in [-0.05, 0) is 39.7 Å². The molecule has 0 N–H and O–H groups in total. The number of benzene rings is 1. The van der Waals surface area contributed by atoms with Gasteiger partial charge in [0.2, 0.25) is 15.8 Å². The number of anilines is 2. The Morgan fingerprint density at radius 2 is 1.89 bits per heavy atom. The van der Waals surface area contributed by atoms with E-state index in [9.17, 15) is 27.2 Å². The lowest BCUT2D eigenvalue weighted by Gasteiger charge is -2.44. The van der Waals surface area contributed by atoms with Crippen LogP contribution in [0, 0.1) is 5.82 Å². The molecule has 0 spiro atoms. The Bertz CT molecular complexity index is 1490. The fourth-order valence-corrected chi connectivity index (χ4v) is 6.54. The average Bonchev–Trinajstić information content (AvgIpc) is 3.17. The van der Waals surface area contributed by atoms with Crippen molar-refractivity contribution in [3.05, 3.63) is 45.5 Å². The first-order valence-electron chi connectivity index (χ1n) is 12.6. The van der Waals surface area contributed by atoms with Crippen LogP contribution in [0.2, 0.25) is 0 Å². The summed E-state index contributed by atoms with van der Waals surface area (Å²) in [5.74, 6) is -1.78. The topological polar surface area (TPSA) is 122 Å². The second-order valence-corrected chi connectivity index (χ2v) is 12.3. The maximum absolute atomic E-state index is 14.0. The largest absolute Gasteiger partial charge is 0.493 e. The van der Waals surface area contributed by atoms with E-state index >= 15 is 0 Å². The molecular weight excluding hydrogens is 517 g/mol. The fourth-order valence-electron chi connectivity index (χ4n) is 5.31. The third kappa shape index (κ3) is 4.12. The zero-order valence-electron chi connectivity index (χ0n) is 21.7. The molecule has 1 aromatic heterocycles. The van der Waals surface area contributed by atoms with Crippen molar-refractivity contribution in [3.8, 4) is 5.75 Å². The first kappa shape index (κ1) is 26.1. The number of piperazine rings is 1. The van der Waals surface area contributed by atoms with Gasteiger partial charge in [-0.1, -0.05) is 6.07 Å². The van der Waals surface area contributed by atoms with Crippen LogP contribution in [0.1, 0.15) is 49.5 Å². The van der Waals surface area contributed by atoms with E-state index in [0.717, 1.165) is 8.99 Å². The van der Waals surface area contributed by atoms with Crippen molar-refractivity contribution in [2.24, 2.45) is 0 Å². The third-order valence-electron chi connectivity index (χ3n) is 7.34. The Hall–Kier alpha value is -3.48. The molecule has 0 saturated carbocycles. The molecule has 1 amide bonds. The van der Waals surface area contributed by atoms with Crippen molar-refractivity contribution in [2.75, 3.05) is 35.2 Å². The predicted octanol–water partition coefficient (Wildman–Crippen LogP) is 1.38. The van der Waals surface area contributed by atoms with Gasteiger partial charge in [-0.25, -0.2) is 17.5 Å². The molecule has 1 fully saturated rings. The maximum Gasteiger partial charge on any atom is 0.280 e. The van der Waals surface area contributed by atoms with Crippen LogP contribution in [0.15, 0.2) is 23.0 Å². The van der Waals surface area contributed by atoms with E-state index in [1.165, 1.54) is 25.2 Å². The Morgan fingerprint density at radius 1 is 1.16 bits per heavy atom. The number of carbonyl (C=O) groups is 2. The highest BCUT2D eigenvalue weighted by molar-refractivity contribution is 7.92. The van der Waals surface area contributed by atoms with Gasteiger partial charge in [0.15, 0.2) is 11.9 Å². The highest BCUT2D eigenvalue weighted by Crippen LogP contribution is 2.42. The minimum absolute atomic E-state index is 0.0574. The lowest BCUT2D eigenvalue weighted by atomic mass is 10.0. The van der Waals surface area contributed by atoms with Gasteiger partial charge in [0.05, 0.1) is 18.9 Å². The highest BCUT2D eigenvalue weighted by atomic mass is 32.2. The van der Waals surface area contributed by atoms with Gasteiger partial charge in [-0.2, -0.15) is 0 Å². The van der Waals surface area contributed by atoms with Crippen LogP contribution in [0.4, 0.5) is 15.9 Å². The summed E-state index contributed by atoms with van der Waals surface area (Å²) in [5.41, 5.74) is -0.528. The number of ketones is 1. The number of carbonyl (C=O) groups excluding carboxylic acids is 2. The van der Waals surface area contributed by atoms with Gasteiger partial charge < -0.3 is 14.5 Å². The molecule has 204 valence electrons. The second-order valence-electron chi connectivity index (χ2n) is 10.2. The molecule has 0 radical (unpaired) electrons. The molecule has 3 aliphatic rings. The number of hydrogen-bond acceptors (Lipinski definition) is 8. The quantitative estimate of drug-likeness (QED) is 0.491. The average molecular weight is 548 g/mol. The van der Waals surface area contributed by atoms with Gasteiger partial charge >= 0.3 is 0 Å². The highest BCUT2D eigenvalue weighted by Gasteiger charge is 2.53. The lowest BCUT2D eigenvalue weighted by molar-refractivity contribution is -0.135. The number of fused-ring (bicyclic) bond motifs is 7. The van der Waals surface area contributed by atoms with Crippen LogP contribution in [0.3, 0.4) is 0 Å². The molecule has 0 aliphatic carbocycles.